The summed E-state index contributed by atoms with van der Waals surface area (Å²) in [5.74, 6) is -0.0173. The topological polar surface area (TPSA) is 45.6 Å². The summed E-state index contributed by atoms with van der Waals surface area (Å²) in [7, 11) is 2.00. The lowest BCUT2D eigenvalue weighted by Crippen LogP contribution is -2.44. The largest absolute Gasteiger partial charge is 0.353 e. The highest BCUT2D eigenvalue weighted by Gasteiger charge is 2.34. The molecule has 1 aromatic carbocycles. The van der Waals surface area contributed by atoms with E-state index in [1.807, 2.05) is 48.5 Å². The lowest BCUT2D eigenvalue weighted by molar-refractivity contribution is -0.133. The van der Waals surface area contributed by atoms with Crippen LogP contribution in [-0.2, 0) is 23.8 Å². The fourth-order valence-electron chi connectivity index (χ4n) is 3.79. The van der Waals surface area contributed by atoms with Gasteiger partial charge in [0.25, 0.3) is 5.91 Å². The van der Waals surface area contributed by atoms with Crippen molar-refractivity contribution >= 4 is 11.8 Å². The molecule has 0 saturated heterocycles. The van der Waals surface area contributed by atoms with Gasteiger partial charge in [-0.1, -0.05) is 46.2 Å². The minimum atomic E-state index is -0.0585. The second kappa shape index (κ2) is 9.71. The number of aromatic nitrogens is 1. The predicted molar refractivity (Wildman–Crippen MR) is 125 cm³/mol. The smallest absolute Gasteiger partial charge is 0.254 e. The molecule has 168 valence electrons. The highest BCUT2D eigenvalue weighted by atomic mass is 16.2. The number of hydrogen-bond donors (Lipinski definition) is 0. The van der Waals surface area contributed by atoms with Gasteiger partial charge >= 0.3 is 0 Å². The molecular formula is C26H37N3O2. The van der Waals surface area contributed by atoms with Gasteiger partial charge in [0.1, 0.15) is 6.54 Å². The fourth-order valence-corrected chi connectivity index (χ4v) is 3.79. The van der Waals surface area contributed by atoms with Gasteiger partial charge in [-0.15, -0.1) is 0 Å². The summed E-state index contributed by atoms with van der Waals surface area (Å²) < 4.78 is 2.05. The van der Waals surface area contributed by atoms with Gasteiger partial charge in [-0.05, 0) is 54.5 Å². The zero-order valence-electron chi connectivity index (χ0n) is 19.7. The lowest BCUT2D eigenvalue weighted by Gasteiger charge is -2.28. The molecule has 0 bridgehead atoms. The molecule has 0 atom stereocenters. The van der Waals surface area contributed by atoms with Crippen LogP contribution < -0.4 is 0 Å². The van der Waals surface area contributed by atoms with Crippen LogP contribution in [0.25, 0.3) is 0 Å². The normalized spacial score (nSPS) is 13.8. The molecule has 1 aromatic heterocycles. The van der Waals surface area contributed by atoms with E-state index in [0.717, 1.165) is 31.4 Å². The predicted octanol–water partition coefficient (Wildman–Crippen LogP) is 4.76. The van der Waals surface area contributed by atoms with Crippen LogP contribution in [0.5, 0.6) is 0 Å². The van der Waals surface area contributed by atoms with Gasteiger partial charge in [0.2, 0.25) is 5.91 Å². The average molecular weight is 424 g/mol. The Bertz CT molecular complexity index is 888. The first-order valence-electron chi connectivity index (χ1n) is 11.5. The van der Waals surface area contributed by atoms with Crippen LogP contribution >= 0.6 is 0 Å². The van der Waals surface area contributed by atoms with Crippen molar-refractivity contribution in [2.45, 2.75) is 71.4 Å². The summed E-state index contributed by atoms with van der Waals surface area (Å²) in [6.07, 6.45) is 5.97. The van der Waals surface area contributed by atoms with Gasteiger partial charge in [-0.25, -0.2) is 0 Å². The number of unbranched alkanes of at least 4 members (excludes halogenated alkanes) is 1. The first-order valence-corrected chi connectivity index (χ1v) is 11.5. The molecule has 3 rings (SSSR count). The van der Waals surface area contributed by atoms with Crippen molar-refractivity contribution in [2.75, 3.05) is 13.1 Å². The van der Waals surface area contributed by atoms with E-state index < -0.39 is 0 Å². The van der Waals surface area contributed by atoms with Crippen molar-refractivity contribution in [1.82, 2.24) is 14.4 Å². The summed E-state index contributed by atoms with van der Waals surface area (Å²) in [5.41, 5.74) is 3.01. The molecule has 0 N–H and O–H groups in total. The van der Waals surface area contributed by atoms with Crippen molar-refractivity contribution in [1.29, 1.82) is 0 Å². The number of carbonyl (C=O) groups excluding carboxylic acids is 2. The quantitative estimate of drug-likeness (QED) is 0.584. The van der Waals surface area contributed by atoms with Gasteiger partial charge in [0.15, 0.2) is 0 Å². The van der Waals surface area contributed by atoms with Gasteiger partial charge in [-0.3, -0.25) is 9.59 Å². The monoisotopic (exact) mass is 423 g/mol. The lowest BCUT2D eigenvalue weighted by atomic mass is 9.86. The van der Waals surface area contributed by atoms with E-state index in [1.54, 1.807) is 4.90 Å². The van der Waals surface area contributed by atoms with Gasteiger partial charge in [-0.2, -0.15) is 0 Å². The molecule has 2 amide bonds. The first-order chi connectivity index (χ1) is 14.7. The summed E-state index contributed by atoms with van der Waals surface area (Å²) in [4.78, 5) is 30.3. The van der Waals surface area contributed by atoms with Crippen LogP contribution in [0.1, 0.15) is 75.0 Å². The van der Waals surface area contributed by atoms with E-state index in [0.29, 0.717) is 24.7 Å². The minimum absolute atomic E-state index is 0.0412. The summed E-state index contributed by atoms with van der Waals surface area (Å²) in [6.45, 7) is 9.93. The molecule has 1 heterocycles. The van der Waals surface area contributed by atoms with Crippen LogP contribution in [0.15, 0.2) is 42.6 Å². The van der Waals surface area contributed by atoms with Gasteiger partial charge in [0.05, 0.1) is 6.54 Å². The van der Waals surface area contributed by atoms with Crippen molar-refractivity contribution in [3.05, 3.63) is 59.4 Å². The molecule has 1 aliphatic carbocycles. The third-order valence-corrected chi connectivity index (χ3v) is 6.08. The summed E-state index contributed by atoms with van der Waals surface area (Å²) >= 11 is 0. The number of nitrogens with zero attached hydrogens (tertiary/aromatic N) is 3. The van der Waals surface area contributed by atoms with E-state index in [1.165, 1.54) is 5.56 Å². The molecular weight excluding hydrogens is 386 g/mol. The standard InChI is InChI=1S/C26H37N3O2/c1-6-7-17-28(25(31)20-10-12-21(13-11-20)26(2,3)4)19-24(30)29(22-14-15-22)18-23-9-8-16-27(23)5/h8-13,16,22H,6-7,14-15,17-19H2,1-5H3. The average Bonchev–Trinajstić information content (AvgIpc) is 3.49. The molecule has 0 spiro atoms. The maximum atomic E-state index is 13.3. The summed E-state index contributed by atoms with van der Waals surface area (Å²) in [5, 5.41) is 0. The fraction of sp³-hybridized carbons (Fsp3) is 0.538. The minimum Gasteiger partial charge on any atom is -0.353 e. The molecule has 0 radical (unpaired) electrons. The zero-order chi connectivity index (χ0) is 22.6. The van der Waals surface area contributed by atoms with Gasteiger partial charge < -0.3 is 14.4 Å². The van der Waals surface area contributed by atoms with Crippen LogP contribution in [0.4, 0.5) is 0 Å². The second-order valence-electron chi connectivity index (χ2n) is 9.77. The van der Waals surface area contributed by atoms with Crippen molar-refractivity contribution in [3.63, 3.8) is 0 Å². The number of carbonyl (C=O) groups is 2. The molecule has 1 saturated carbocycles. The molecule has 0 aliphatic heterocycles. The SMILES string of the molecule is CCCCN(CC(=O)N(Cc1cccn1C)C1CC1)C(=O)c1ccc(C(C)(C)C)cc1. The highest BCUT2D eigenvalue weighted by molar-refractivity contribution is 5.96. The third-order valence-electron chi connectivity index (χ3n) is 6.08. The van der Waals surface area contributed by atoms with Crippen molar-refractivity contribution in [3.8, 4) is 0 Å². The highest BCUT2D eigenvalue weighted by Crippen LogP contribution is 2.29. The maximum Gasteiger partial charge on any atom is 0.254 e. The van der Waals surface area contributed by atoms with E-state index in [4.69, 9.17) is 0 Å². The molecule has 5 nitrogen and oxygen atoms in total. The molecule has 5 heteroatoms. The Balaban J connectivity index is 1.74. The molecule has 31 heavy (non-hydrogen) atoms. The van der Waals surface area contributed by atoms with Crippen LogP contribution in [0, 0.1) is 0 Å². The van der Waals surface area contributed by atoms with Crippen molar-refractivity contribution < 1.29 is 9.59 Å². The Morgan fingerprint density at radius 3 is 2.29 bits per heavy atom. The maximum absolute atomic E-state index is 13.3. The van der Waals surface area contributed by atoms with E-state index >= 15 is 0 Å². The van der Waals surface area contributed by atoms with Crippen LogP contribution in [-0.4, -0.2) is 45.3 Å². The summed E-state index contributed by atoms with van der Waals surface area (Å²) in [6, 6.07) is 12.2. The van der Waals surface area contributed by atoms with Crippen LogP contribution in [0.3, 0.4) is 0 Å². The van der Waals surface area contributed by atoms with E-state index in [9.17, 15) is 9.59 Å². The Morgan fingerprint density at radius 1 is 1.10 bits per heavy atom. The molecule has 2 aromatic rings. The number of aryl methyl sites for hydroxylation is 1. The van der Waals surface area contributed by atoms with E-state index in [2.05, 4.69) is 38.3 Å². The van der Waals surface area contributed by atoms with Crippen LogP contribution in [0.2, 0.25) is 0 Å². The molecule has 1 aliphatic rings. The number of benzene rings is 1. The number of hydrogen-bond acceptors (Lipinski definition) is 2. The second-order valence-corrected chi connectivity index (χ2v) is 9.77. The first kappa shape index (κ1) is 23.1. The Morgan fingerprint density at radius 2 is 1.77 bits per heavy atom. The molecule has 0 unspecified atom stereocenters. The Labute approximate surface area is 187 Å². The Hall–Kier alpha value is -2.56. The number of rotatable bonds is 9. The van der Waals surface area contributed by atoms with Gasteiger partial charge in [0, 0.05) is 37.1 Å². The van der Waals surface area contributed by atoms with E-state index in [-0.39, 0.29) is 23.8 Å². The molecule has 1 fully saturated rings. The Kier molecular flexibility index (Phi) is 7.24. The third kappa shape index (κ3) is 5.99. The zero-order valence-corrected chi connectivity index (χ0v) is 19.7. The number of amides is 2. The van der Waals surface area contributed by atoms with Crippen molar-refractivity contribution in [2.24, 2.45) is 7.05 Å².